The third-order valence-corrected chi connectivity index (χ3v) is 3.84. The Hall–Kier alpha value is -1.88. The van der Waals surface area contributed by atoms with Crippen LogP contribution in [-0.4, -0.2) is 27.2 Å². The molecule has 0 bridgehead atoms. The molecule has 1 aromatic heterocycles. The number of rotatable bonds is 3. The van der Waals surface area contributed by atoms with Crippen LogP contribution in [0.25, 0.3) is 0 Å². The van der Waals surface area contributed by atoms with Gasteiger partial charge in [-0.2, -0.15) is 0 Å². The highest BCUT2D eigenvalue weighted by Crippen LogP contribution is 2.24. The smallest absolute Gasteiger partial charge is 0.352 e. The average Bonchev–Trinajstić information content (AvgIpc) is 2.99. The van der Waals surface area contributed by atoms with Crippen molar-refractivity contribution in [2.45, 2.75) is 32.4 Å². The van der Waals surface area contributed by atoms with E-state index in [0.717, 1.165) is 30.5 Å². The lowest BCUT2D eigenvalue weighted by Gasteiger charge is -2.11. The van der Waals surface area contributed by atoms with E-state index in [1.165, 1.54) is 5.57 Å². The minimum Gasteiger partial charge on any atom is -0.477 e. The van der Waals surface area contributed by atoms with Gasteiger partial charge in [-0.1, -0.05) is 11.6 Å². The van der Waals surface area contributed by atoms with Crippen molar-refractivity contribution in [3.8, 4) is 0 Å². The molecular weight excluding hydrogens is 278 g/mol. The van der Waals surface area contributed by atoms with Crippen LogP contribution in [0.2, 0.25) is 0 Å². The van der Waals surface area contributed by atoms with Gasteiger partial charge in [-0.15, -0.1) is 0 Å². The molecule has 0 radical (unpaired) electrons. The van der Waals surface area contributed by atoms with Crippen molar-refractivity contribution in [3.05, 3.63) is 34.7 Å². The number of carboxylic acid groups (broad SMARTS) is 1. The lowest BCUT2D eigenvalue weighted by molar-refractivity contribution is 0.0685. The standard InChI is InChI=1S/C14H14ClN3O2/c15-14-16-6-10-5-11(13(19)20)18(12(10)7-17-14)8-9-3-1-2-4-9/h3,5-6H,1-2,4,7-8H2,(H,19,20). The van der Waals surface area contributed by atoms with Gasteiger partial charge in [0.1, 0.15) is 5.69 Å². The summed E-state index contributed by atoms with van der Waals surface area (Å²) in [5, 5.41) is 9.56. The lowest BCUT2D eigenvalue weighted by Crippen LogP contribution is -2.12. The summed E-state index contributed by atoms with van der Waals surface area (Å²) in [4.78, 5) is 19.5. The highest BCUT2D eigenvalue weighted by molar-refractivity contribution is 6.65. The van der Waals surface area contributed by atoms with Gasteiger partial charge >= 0.3 is 5.97 Å². The van der Waals surface area contributed by atoms with Crippen molar-refractivity contribution in [2.24, 2.45) is 9.98 Å². The topological polar surface area (TPSA) is 66.9 Å². The Balaban J connectivity index is 2.04. The van der Waals surface area contributed by atoms with E-state index in [2.05, 4.69) is 16.1 Å². The van der Waals surface area contributed by atoms with Crippen LogP contribution in [-0.2, 0) is 13.1 Å². The summed E-state index contributed by atoms with van der Waals surface area (Å²) in [6.07, 6.45) is 7.03. The van der Waals surface area contributed by atoms with Crippen LogP contribution >= 0.6 is 11.6 Å². The normalized spacial score (nSPS) is 17.4. The molecule has 1 aliphatic heterocycles. The molecule has 0 atom stereocenters. The highest BCUT2D eigenvalue weighted by Gasteiger charge is 2.21. The number of hydrogen-bond acceptors (Lipinski definition) is 3. The van der Waals surface area contributed by atoms with Crippen LogP contribution < -0.4 is 0 Å². The van der Waals surface area contributed by atoms with Gasteiger partial charge < -0.3 is 9.67 Å². The van der Waals surface area contributed by atoms with E-state index in [9.17, 15) is 9.90 Å². The number of aliphatic imine (C=N–C) groups is 2. The van der Waals surface area contributed by atoms with Crippen molar-refractivity contribution in [1.82, 2.24) is 4.57 Å². The molecule has 0 spiro atoms. The van der Waals surface area contributed by atoms with Gasteiger partial charge in [0, 0.05) is 24.0 Å². The Morgan fingerprint density at radius 3 is 3.05 bits per heavy atom. The number of carbonyl (C=O) groups is 1. The summed E-state index contributed by atoms with van der Waals surface area (Å²) in [6, 6.07) is 1.64. The number of halogens is 1. The van der Waals surface area contributed by atoms with Crippen molar-refractivity contribution in [2.75, 3.05) is 0 Å². The first-order chi connectivity index (χ1) is 9.65. The molecule has 0 saturated carbocycles. The number of aromatic nitrogens is 1. The number of fused-ring (bicyclic) bond motifs is 1. The predicted molar refractivity (Wildman–Crippen MR) is 77.9 cm³/mol. The second-order valence-corrected chi connectivity index (χ2v) is 5.26. The molecule has 104 valence electrons. The van der Waals surface area contributed by atoms with Gasteiger partial charge in [0.15, 0.2) is 0 Å². The molecule has 0 fully saturated rings. The van der Waals surface area contributed by atoms with Crippen LogP contribution in [0, 0.1) is 0 Å². The summed E-state index contributed by atoms with van der Waals surface area (Å²) in [7, 11) is 0. The van der Waals surface area contributed by atoms with Crippen molar-refractivity contribution >= 4 is 29.1 Å². The van der Waals surface area contributed by atoms with Crippen LogP contribution in [0.5, 0.6) is 0 Å². The third-order valence-electron chi connectivity index (χ3n) is 3.63. The van der Waals surface area contributed by atoms with Crippen LogP contribution in [0.4, 0.5) is 0 Å². The summed E-state index contributed by atoms with van der Waals surface area (Å²) in [5.41, 5.74) is 3.19. The van der Waals surface area contributed by atoms with E-state index < -0.39 is 5.97 Å². The fourth-order valence-electron chi connectivity index (χ4n) is 2.64. The van der Waals surface area contributed by atoms with E-state index >= 15 is 0 Å². The summed E-state index contributed by atoms with van der Waals surface area (Å²) in [5.74, 6) is -0.930. The molecule has 3 rings (SSSR count). The van der Waals surface area contributed by atoms with E-state index in [1.807, 2.05) is 4.57 Å². The predicted octanol–water partition coefficient (Wildman–Crippen LogP) is 2.82. The summed E-state index contributed by atoms with van der Waals surface area (Å²) in [6.45, 7) is 0.965. The minimum absolute atomic E-state index is 0.199. The zero-order chi connectivity index (χ0) is 14.1. The Labute approximate surface area is 121 Å². The zero-order valence-electron chi connectivity index (χ0n) is 10.8. The van der Waals surface area contributed by atoms with Crippen LogP contribution in [0.3, 0.4) is 0 Å². The first kappa shape index (κ1) is 13.1. The molecule has 20 heavy (non-hydrogen) atoms. The van der Waals surface area contributed by atoms with Crippen LogP contribution in [0.1, 0.15) is 41.0 Å². The Morgan fingerprint density at radius 1 is 1.50 bits per heavy atom. The van der Waals surface area contributed by atoms with E-state index in [1.54, 1.807) is 12.3 Å². The van der Waals surface area contributed by atoms with Gasteiger partial charge in [-0.3, -0.25) is 0 Å². The average molecular weight is 292 g/mol. The molecule has 2 heterocycles. The maximum Gasteiger partial charge on any atom is 0.352 e. The monoisotopic (exact) mass is 291 g/mol. The molecule has 0 aromatic carbocycles. The number of amidine groups is 1. The number of hydrogen-bond donors (Lipinski definition) is 1. The molecule has 5 nitrogen and oxygen atoms in total. The van der Waals surface area contributed by atoms with Crippen LogP contribution in [0.15, 0.2) is 27.7 Å². The fourth-order valence-corrected chi connectivity index (χ4v) is 2.75. The zero-order valence-corrected chi connectivity index (χ0v) is 11.6. The van der Waals surface area contributed by atoms with Gasteiger partial charge in [0.2, 0.25) is 5.29 Å². The Bertz CT molecular complexity index is 656. The molecule has 0 saturated heterocycles. The number of aromatic carboxylic acids is 1. The van der Waals surface area contributed by atoms with E-state index in [0.29, 0.717) is 13.1 Å². The maximum absolute atomic E-state index is 11.4. The minimum atomic E-state index is -0.930. The van der Waals surface area contributed by atoms with Gasteiger partial charge in [0.05, 0.1) is 6.54 Å². The molecule has 1 N–H and O–H groups in total. The molecule has 6 heteroatoms. The molecule has 2 aliphatic rings. The first-order valence-electron chi connectivity index (χ1n) is 6.53. The molecule has 0 unspecified atom stereocenters. The first-order valence-corrected chi connectivity index (χ1v) is 6.90. The van der Waals surface area contributed by atoms with Gasteiger partial charge in [0.25, 0.3) is 0 Å². The summed E-state index contributed by atoms with van der Waals surface area (Å²) < 4.78 is 1.82. The number of nitrogens with zero attached hydrogens (tertiary/aromatic N) is 3. The fraction of sp³-hybridized carbons (Fsp3) is 0.357. The second kappa shape index (κ2) is 5.25. The van der Waals surface area contributed by atoms with Gasteiger partial charge in [-0.05, 0) is 36.9 Å². The number of carboxylic acids is 1. The Kier molecular flexibility index (Phi) is 3.44. The largest absolute Gasteiger partial charge is 0.477 e. The van der Waals surface area contributed by atoms with E-state index in [-0.39, 0.29) is 11.0 Å². The molecule has 1 aliphatic carbocycles. The highest BCUT2D eigenvalue weighted by atomic mass is 35.5. The van der Waals surface area contributed by atoms with E-state index in [4.69, 9.17) is 11.6 Å². The van der Waals surface area contributed by atoms with Gasteiger partial charge in [-0.25, -0.2) is 14.8 Å². The van der Waals surface area contributed by atoms with Crippen molar-refractivity contribution < 1.29 is 9.90 Å². The SMILES string of the molecule is O=C(O)c1cc2c(n1CC1=CCCC1)CN=C(Cl)N=C2. The quantitative estimate of drug-likeness (QED) is 0.687. The summed E-state index contributed by atoms with van der Waals surface area (Å²) >= 11 is 5.81. The number of allylic oxidation sites excluding steroid dienone is 2. The van der Waals surface area contributed by atoms with Crippen molar-refractivity contribution in [1.29, 1.82) is 0 Å². The molecule has 1 aromatic rings. The molecule has 0 amide bonds. The van der Waals surface area contributed by atoms with Crippen molar-refractivity contribution in [3.63, 3.8) is 0 Å². The second-order valence-electron chi connectivity index (χ2n) is 4.92. The third kappa shape index (κ3) is 2.41. The lowest BCUT2D eigenvalue weighted by atomic mass is 10.2. The molecular formula is C14H14ClN3O2. The maximum atomic E-state index is 11.4. The Morgan fingerprint density at radius 2 is 2.35 bits per heavy atom.